The lowest BCUT2D eigenvalue weighted by molar-refractivity contribution is -0.143. The van der Waals surface area contributed by atoms with Gasteiger partial charge >= 0.3 is 11.9 Å². The quantitative estimate of drug-likeness (QED) is 0.520. The van der Waals surface area contributed by atoms with Crippen molar-refractivity contribution >= 4 is 28.7 Å². The van der Waals surface area contributed by atoms with Crippen molar-refractivity contribution in [1.82, 2.24) is 14.8 Å². The zero-order chi connectivity index (χ0) is 27.6. The molecule has 8 nitrogen and oxygen atoms in total. The minimum absolute atomic E-state index is 0.0684. The molecule has 1 aromatic heterocycles. The van der Waals surface area contributed by atoms with E-state index in [1.54, 1.807) is 0 Å². The SMILES string of the molecule is CN1C[C@H](C(=O)NC2CCCCC2)C[C@@H]2c3cccc4c3c(cn4C(C)(C)C)C[C@H]21.O=C(O)CCC(=O)O. The summed E-state index contributed by atoms with van der Waals surface area (Å²) in [5.41, 5.74) is 4.36. The lowest BCUT2D eigenvalue weighted by Crippen LogP contribution is -2.52. The highest BCUT2D eigenvalue weighted by atomic mass is 16.4. The molecule has 0 radical (unpaired) electrons. The Labute approximate surface area is 225 Å². The molecule has 3 atom stereocenters. The second kappa shape index (κ2) is 11.5. The van der Waals surface area contributed by atoms with Crippen LogP contribution in [0.5, 0.6) is 0 Å². The molecule has 2 aliphatic carbocycles. The van der Waals surface area contributed by atoms with Crippen molar-refractivity contribution < 1.29 is 24.6 Å². The molecule has 2 aromatic rings. The molecule has 1 aliphatic heterocycles. The first-order chi connectivity index (χ1) is 18.0. The molecule has 1 saturated carbocycles. The van der Waals surface area contributed by atoms with Crippen molar-refractivity contribution in [2.45, 2.75) is 102 Å². The number of carbonyl (C=O) groups excluding carboxylic acids is 1. The Balaban J connectivity index is 0.000000368. The number of nitrogens with one attached hydrogen (secondary N) is 1. The van der Waals surface area contributed by atoms with Gasteiger partial charge in [-0.05, 0) is 70.7 Å². The Bertz CT molecular complexity index is 1160. The van der Waals surface area contributed by atoms with Crippen LogP contribution in [0.1, 0.15) is 89.2 Å². The number of likely N-dealkylation sites (N-methyl/N-ethyl adjacent to an activating group) is 1. The second-order valence-corrected chi connectivity index (χ2v) is 12.3. The third-order valence-corrected chi connectivity index (χ3v) is 8.44. The number of likely N-dealkylation sites (tertiary alicyclic amines) is 1. The third kappa shape index (κ3) is 6.22. The molecule has 1 saturated heterocycles. The minimum Gasteiger partial charge on any atom is -0.481 e. The van der Waals surface area contributed by atoms with Crippen molar-refractivity contribution in [3.8, 4) is 0 Å². The van der Waals surface area contributed by atoms with E-state index in [0.29, 0.717) is 18.0 Å². The fourth-order valence-electron chi connectivity index (χ4n) is 6.57. The summed E-state index contributed by atoms with van der Waals surface area (Å²) in [5.74, 6) is -1.32. The molecule has 208 valence electrons. The third-order valence-electron chi connectivity index (χ3n) is 8.44. The number of rotatable bonds is 5. The Kier molecular flexibility index (Phi) is 8.50. The molecule has 8 heteroatoms. The summed E-state index contributed by atoms with van der Waals surface area (Å²) >= 11 is 0. The van der Waals surface area contributed by atoms with E-state index in [0.717, 1.165) is 32.2 Å². The number of benzene rings is 1. The highest BCUT2D eigenvalue weighted by Crippen LogP contribution is 2.45. The van der Waals surface area contributed by atoms with E-state index in [1.807, 2.05) is 0 Å². The normalized spacial score (nSPS) is 23.7. The summed E-state index contributed by atoms with van der Waals surface area (Å²) in [6, 6.07) is 7.71. The van der Waals surface area contributed by atoms with Crippen LogP contribution in [-0.2, 0) is 26.3 Å². The first-order valence-electron chi connectivity index (χ1n) is 14.0. The number of carboxylic acids is 2. The molecular formula is C30H43N3O5. The van der Waals surface area contributed by atoms with Gasteiger partial charge in [0.25, 0.3) is 0 Å². The molecule has 2 heterocycles. The molecule has 1 aromatic carbocycles. The van der Waals surface area contributed by atoms with Gasteiger partial charge in [-0.3, -0.25) is 14.4 Å². The van der Waals surface area contributed by atoms with Gasteiger partial charge in [0, 0.05) is 47.2 Å². The number of carboxylic acid groups (broad SMARTS) is 2. The number of hydrogen-bond acceptors (Lipinski definition) is 4. The fourth-order valence-corrected chi connectivity index (χ4v) is 6.57. The summed E-state index contributed by atoms with van der Waals surface area (Å²) in [6.07, 6.45) is 10.0. The molecule has 3 aliphatic rings. The molecule has 3 N–H and O–H groups in total. The average Bonchev–Trinajstić information content (AvgIpc) is 3.25. The van der Waals surface area contributed by atoms with Gasteiger partial charge in [-0.25, -0.2) is 0 Å². The van der Waals surface area contributed by atoms with E-state index in [1.165, 1.54) is 41.3 Å². The zero-order valence-corrected chi connectivity index (χ0v) is 23.2. The Hall–Kier alpha value is -2.87. The lowest BCUT2D eigenvalue weighted by Gasteiger charge is -2.45. The standard InChI is InChI=1S/C26H37N3O.C4H6O4/c1-26(2,3)29-16-17-14-23-21(20-11-8-12-22(29)24(17)20)13-18(15-28(23)4)25(30)27-19-9-6-5-7-10-19;5-3(6)1-2-4(7)8/h8,11-12,16,18-19,21,23H,5-7,9-10,13-15H2,1-4H3,(H,27,30);1-2H2,(H,5,6)(H,7,8)/t18-,21-,23-;/m1./s1. The topological polar surface area (TPSA) is 112 Å². The van der Waals surface area contributed by atoms with Crippen molar-refractivity contribution in [2.24, 2.45) is 5.92 Å². The van der Waals surface area contributed by atoms with Crippen molar-refractivity contribution in [1.29, 1.82) is 0 Å². The summed E-state index contributed by atoms with van der Waals surface area (Å²) < 4.78 is 2.45. The number of piperidine rings is 1. The maximum absolute atomic E-state index is 13.2. The monoisotopic (exact) mass is 525 g/mol. The van der Waals surface area contributed by atoms with Gasteiger partial charge in [0.05, 0.1) is 18.8 Å². The van der Waals surface area contributed by atoms with Crippen LogP contribution in [0.25, 0.3) is 10.9 Å². The van der Waals surface area contributed by atoms with Gasteiger partial charge in [0.2, 0.25) is 5.91 Å². The number of aliphatic carboxylic acids is 2. The van der Waals surface area contributed by atoms with Crippen molar-refractivity contribution in [3.63, 3.8) is 0 Å². The Morgan fingerprint density at radius 2 is 1.68 bits per heavy atom. The first kappa shape index (κ1) is 28.1. The summed E-state index contributed by atoms with van der Waals surface area (Å²) in [4.78, 5) is 34.9. The molecule has 0 spiro atoms. The number of aromatic nitrogens is 1. The van der Waals surface area contributed by atoms with Crippen LogP contribution in [0.2, 0.25) is 0 Å². The highest BCUT2D eigenvalue weighted by molar-refractivity contribution is 5.89. The second-order valence-electron chi connectivity index (χ2n) is 12.3. The summed E-state index contributed by atoms with van der Waals surface area (Å²) in [5, 5.41) is 20.7. The summed E-state index contributed by atoms with van der Waals surface area (Å²) in [6.45, 7) is 7.73. The molecule has 38 heavy (non-hydrogen) atoms. The molecule has 0 bridgehead atoms. The van der Waals surface area contributed by atoms with Gasteiger partial charge in [-0.15, -0.1) is 0 Å². The van der Waals surface area contributed by atoms with Crippen LogP contribution < -0.4 is 5.32 Å². The van der Waals surface area contributed by atoms with Crippen molar-refractivity contribution in [2.75, 3.05) is 13.6 Å². The Morgan fingerprint density at radius 3 is 2.29 bits per heavy atom. The maximum Gasteiger partial charge on any atom is 0.303 e. The number of carbonyl (C=O) groups is 3. The van der Waals surface area contributed by atoms with Gasteiger partial charge in [-0.1, -0.05) is 31.4 Å². The number of fused-ring (bicyclic) bond motifs is 2. The van der Waals surface area contributed by atoms with Crippen LogP contribution in [0.3, 0.4) is 0 Å². The van der Waals surface area contributed by atoms with E-state index in [4.69, 9.17) is 10.2 Å². The minimum atomic E-state index is -1.08. The van der Waals surface area contributed by atoms with E-state index in [2.05, 4.69) is 67.0 Å². The Morgan fingerprint density at radius 1 is 1.03 bits per heavy atom. The van der Waals surface area contributed by atoms with E-state index in [-0.39, 0.29) is 30.2 Å². The molecule has 1 amide bonds. The van der Waals surface area contributed by atoms with E-state index < -0.39 is 11.9 Å². The molecule has 2 fully saturated rings. The maximum atomic E-state index is 13.2. The molecule has 5 rings (SSSR count). The van der Waals surface area contributed by atoms with Crippen molar-refractivity contribution in [3.05, 3.63) is 35.5 Å². The fraction of sp³-hybridized carbons (Fsp3) is 0.633. The van der Waals surface area contributed by atoms with E-state index >= 15 is 0 Å². The smallest absolute Gasteiger partial charge is 0.303 e. The van der Waals surface area contributed by atoms with E-state index in [9.17, 15) is 14.4 Å². The van der Waals surface area contributed by atoms with Gasteiger partial charge in [0.15, 0.2) is 0 Å². The number of hydrogen-bond donors (Lipinski definition) is 3. The van der Waals surface area contributed by atoms with Crippen LogP contribution in [0.15, 0.2) is 24.4 Å². The predicted octanol–water partition coefficient (Wildman–Crippen LogP) is 4.74. The van der Waals surface area contributed by atoms with Gasteiger partial charge in [0.1, 0.15) is 0 Å². The average molecular weight is 526 g/mol. The largest absolute Gasteiger partial charge is 0.481 e. The van der Waals surface area contributed by atoms with Gasteiger partial charge < -0.3 is 25.0 Å². The number of amides is 1. The highest BCUT2D eigenvalue weighted by Gasteiger charge is 2.42. The lowest BCUT2D eigenvalue weighted by atomic mass is 9.72. The predicted molar refractivity (Wildman–Crippen MR) is 147 cm³/mol. The first-order valence-corrected chi connectivity index (χ1v) is 14.0. The zero-order valence-electron chi connectivity index (χ0n) is 23.2. The van der Waals surface area contributed by atoms with Crippen LogP contribution in [0.4, 0.5) is 0 Å². The van der Waals surface area contributed by atoms with Crippen LogP contribution in [-0.4, -0.2) is 63.2 Å². The van der Waals surface area contributed by atoms with Crippen LogP contribution >= 0.6 is 0 Å². The number of nitrogens with zero attached hydrogens (tertiary/aromatic N) is 2. The van der Waals surface area contributed by atoms with Crippen LogP contribution in [0, 0.1) is 5.92 Å². The molecular weight excluding hydrogens is 482 g/mol. The molecule has 0 unspecified atom stereocenters. The van der Waals surface area contributed by atoms with Gasteiger partial charge in [-0.2, -0.15) is 0 Å². The summed E-state index contributed by atoms with van der Waals surface area (Å²) in [7, 11) is 2.23.